The Balaban J connectivity index is 0.000000339. The van der Waals surface area contributed by atoms with Crippen molar-refractivity contribution in [3.63, 3.8) is 0 Å². The van der Waals surface area contributed by atoms with Gasteiger partial charge in [-0.2, -0.15) is 0 Å². The molecule has 1 atom stereocenters. The van der Waals surface area contributed by atoms with E-state index < -0.39 is 36.2 Å². The van der Waals surface area contributed by atoms with Crippen LogP contribution in [0.5, 0.6) is 0 Å². The molecule has 12 aromatic rings. The summed E-state index contributed by atoms with van der Waals surface area (Å²) in [4.78, 5) is 105. The number of aliphatic hydroxyl groups is 1. The van der Waals surface area contributed by atoms with Crippen LogP contribution in [0.15, 0.2) is 128 Å². The summed E-state index contributed by atoms with van der Waals surface area (Å²) in [5.41, 5.74) is 25.1. The summed E-state index contributed by atoms with van der Waals surface area (Å²) in [5, 5.41) is 25.5. The van der Waals surface area contributed by atoms with E-state index in [0.717, 1.165) is 174 Å². The second kappa shape index (κ2) is 52.6. The minimum absolute atomic E-state index is 0. The average molecular weight is 1940 g/mol. The van der Waals surface area contributed by atoms with Gasteiger partial charge in [0.15, 0.2) is 11.6 Å². The van der Waals surface area contributed by atoms with Crippen LogP contribution in [-0.2, 0) is 47.3 Å². The molecule has 39 heteroatoms. The number of aliphatic carboxylic acids is 1. The van der Waals surface area contributed by atoms with Crippen LogP contribution < -0.4 is 69.9 Å². The number of carbonyl (C=O) groups excluding carboxylic acids is 6. The van der Waals surface area contributed by atoms with Crippen molar-refractivity contribution in [2.75, 3.05) is 99.2 Å². The van der Waals surface area contributed by atoms with Crippen LogP contribution >= 0.6 is 61.3 Å². The molecule has 0 bridgehead atoms. The Morgan fingerprint density at radius 1 is 0.523 bits per heavy atom. The van der Waals surface area contributed by atoms with Gasteiger partial charge < -0.3 is 87.4 Å². The monoisotopic (exact) mass is 1940 g/mol. The molecule has 0 aromatic carbocycles. The van der Waals surface area contributed by atoms with E-state index in [2.05, 4.69) is 97.8 Å². The number of fused-ring (bicyclic) bond motifs is 4. The number of ketones is 2. The number of nitrogens with zero attached hydrogens (tertiary/aromatic N) is 10. The van der Waals surface area contributed by atoms with Gasteiger partial charge in [0.05, 0.1) is 160 Å². The summed E-state index contributed by atoms with van der Waals surface area (Å²) in [7, 11) is 0.459. The zero-order valence-electron chi connectivity index (χ0n) is 78.9. The summed E-state index contributed by atoms with van der Waals surface area (Å²) in [6.45, 7) is 47.6. The Bertz CT molecular complexity index is 5710. The van der Waals surface area contributed by atoms with Crippen molar-refractivity contribution in [2.24, 2.45) is 0 Å². The van der Waals surface area contributed by atoms with Crippen molar-refractivity contribution in [1.82, 2.24) is 52.7 Å². The number of thiazole rings is 4. The van der Waals surface area contributed by atoms with Gasteiger partial charge in [-0.05, 0) is 191 Å². The predicted molar refractivity (Wildman–Crippen MR) is 507 cm³/mol. The molecule has 4 aliphatic rings. The third-order valence-electron chi connectivity index (χ3n) is 21.0. The molecular formula is C91H115B2BrN11Na2O19S4. The number of rotatable bonds is 18. The fourth-order valence-electron chi connectivity index (χ4n) is 14.4. The second-order valence-corrected chi connectivity index (χ2v) is 34.7. The van der Waals surface area contributed by atoms with E-state index in [0.29, 0.717) is 64.6 Å². The molecule has 30 nitrogen and oxygen atoms in total. The van der Waals surface area contributed by atoms with Crippen LogP contribution in [0.3, 0.4) is 0 Å². The Labute approximate surface area is 831 Å². The summed E-state index contributed by atoms with van der Waals surface area (Å²) in [5.74, 6) is -2.48. The van der Waals surface area contributed by atoms with Crippen LogP contribution in [0.25, 0.3) is 61.5 Å². The molecule has 4 saturated heterocycles. The number of Topliss-reactive ketones (excluding diaryl/α,β-unsaturated/α-hetero) is 2. The van der Waals surface area contributed by atoms with Gasteiger partial charge in [-0.1, -0.05) is 6.58 Å². The molecule has 16 heterocycles. The normalized spacial score (nSPS) is 14.4. The van der Waals surface area contributed by atoms with E-state index in [1.165, 1.54) is 25.2 Å². The maximum Gasteiger partial charge on any atom is 1.00 e. The zero-order valence-corrected chi connectivity index (χ0v) is 86.7. The number of pyridine rings is 4. The summed E-state index contributed by atoms with van der Waals surface area (Å²) in [6, 6.07) is 15.4. The number of carbonyl (C=O) groups is 7. The van der Waals surface area contributed by atoms with Gasteiger partial charge in [0.25, 0.3) is 5.97 Å². The molecule has 16 rings (SSSR count). The SMILES string of the molecule is Brc1cscn1.C1COCCN1.C=C(c1c(C)c(C(=O)OC(C)C)cc2cc(-c3cscn3)cn12)N1CCOCC1.CC(=O)O.CCOC(=O)c1cc2cc(-c3cscn3)cn2c(C(C)=O)c1C.CCOC(=O)c1cc2cc(B3OC(C)(C)C(C)(C)O3)cn2c(C(C)=O)c1C.CO.Cc1c(C(=O)OC(C)C)cc2cc(-c3cscn3)cn2c1C(C)N1CCOCC1.[B].[H-].[Na+].[Na+].[OH-]. The smallest absolute Gasteiger partial charge is 1.00 e. The van der Waals surface area contributed by atoms with Crippen LogP contribution in [0, 0.1) is 27.7 Å². The second-order valence-electron chi connectivity index (χ2n) is 31.0. The van der Waals surface area contributed by atoms with Gasteiger partial charge in [-0.25, -0.2) is 39.1 Å². The first-order chi connectivity index (χ1) is 60.0. The van der Waals surface area contributed by atoms with Crippen molar-refractivity contribution < 1.29 is 152 Å². The third-order valence-corrected chi connectivity index (χ3v) is 24.1. The topological polar surface area (TPSA) is 361 Å². The van der Waals surface area contributed by atoms with Gasteiger partial charge in [-0.15, -0.1) is 45.3 Å². The number of esters is 4. The first-order valence-corrected chi connectivity index (χ1v) is 45.8. The van der Waals surface area contributed by atoms with Crippen molar-refractivity contribution in [3.8, 4) is 33.8 Å². The van der Waals surface area contributed by atoms with Crippen LogP contribution in [0.4, 0.5) is 0 Å². The number of morpholine rings is 3. The summed E-state index contributed by atoms with van der Waals surface area (Å²) < 4.78 is 58.4. The van der Waals surface area contributed by atoms with E-state index in [1.54, 1.807) is 89.3 Å². The number of halogens is 1. The first-order valence-electron chi connectivity index (χ1n) is 41.3. The molecule has 4 fully saturated rings. The Kier molecular flexibility index (Phi) is 45.6. The van der Waals surface area contributed by atoms with Gasteiger partial charge in [0, 0.05) is 178 Å². The number of ether oxygens (including phenoxy) is 7. The third kappa shape index (κ3) is 28.8. The Hall–Kier alpha value is -7.96. The van der Waals surface area contributed by atoms with Crippen LogP contribution in [0.1, 0.15) is 200 Å². The fourth-order valence-corrected chi connectivity index (χ4v) is 17.1. The van der Waals surface area contributed by atoms with Gasteiger partial charge >= 0.3 is 90.1 Å². The molecule has 3 radical (unpaired) electrons. The molecule has 12 aromatic heterocycles. The van der Waals surface area contributed by atoms with E-state index >= 15 is 0 Å². The molecule has 1 unspecified atom stereocenters. The minimum Gasteiger partial charge on any atom is -1.00 e. The van der Waals surface area contributed by atoms with Gasteiger partial charge in [0.2, 0.25) is 0 Å². The number of carboxylic acids is 1. The molecule has 4 aliphatic heterocycles. The number of aromatic nitrogens is 8. The molecule has 687 valence electrons. The maximum absolute atomic E-state index is 12.8. The van der Waals surface area contributed by atoms with Crippen LogP contribution in [0.2, 0.25) is 0 Å². The molecule has 0 aliphatic carbocycles. The molecule has 0 amide bonds. The van der Waals surface area contributed by atoms with Crippen molar-refractivity contribution >= 4 is 151 Å². The van der Waals surface area contributed by atoms with E-state index in [1.807, 2.05) is 143 Å². The van der Waals surface area contributed by atoms with Crippen molar-refractivity contribution in [2.45, 2.75) is 154 Å². The number of nitrogens with one attached hydrogen (secondary N) is 1. The Morgan fingerprint density at radius 3 is 1.22 bits per heavy atom. The fraction of sp³-hybridized carbons (Fsp3) is 0.418. The first kappa shape index (κ1) is 113. The zero-order chi connectivity index (χ0) is 92.0. The minimum atomic E-state index is -0.833. The van der Waals surface area contributed by atoms with E-state index in [9.17, 15) is 28.8 Å². The standard InChI is InChI=1S/C22H27N3O3S.C22H25N3O3S.C20H26BNO5.C17H16N2O3S.C4H9NO.C3H2BrNS.C2H4O2.CH4O.B.2Na.H2O.H/c2*1-14(2)28-22(26)19-10-18-9-17(20-12-29-13-23-20)11-25(18)21(15(19)3)16(4)24-5-7-27-8-6-24;1-8-25-18(24)16-10-15-9-14(11-22(15)17(12(16)2)13(3)23)21-26-19(4,5)20(6,7)27-21;1-4-22-17(21)14-6-13-5-12(15-8-23-9-18-15)7-19(13)16(10(14)2)11(3)20;1-3-6-4-2-5-1;4-3-1-6-2-5-3;1-2(3)4;1-2;;;;;/h9-14,16H,5-8H2,1-4H3;9-14H,4-8H2,1-3H3;9-11H,8H2,1-7H3;5-9H,4H2,1-3H3;5H,1-4H2;1-2H;1H3,(H,3,4);2H,1H3;;;;1H2;/q;;;;;;;;;2*+1;;-1/p-1. The number of aliphatic hydroxyl groups excluding tert-OH is 1. The molecule has 4 N–H and O–H groups in total. The van der Waals surface area contributed by atoms with Gasteiger partial charge in [-0.3, -0.25) is 19.3 Å². The van der Waals surface area contributed by atoms with E-state index in [-0.39, 0.29) is 123 Å². The quantitative estimate of drug-likeness (QED) is 0.0311. The van der Waals surface area contributed by atoms with E-state index in [4.69, 9.17) is 57.5 Å². The molecule has 0 spiro atoms. The summed E-state index contributed by atoms with van der Waals surface area (Å²) in [6.07, 6.45) is 7.58. The van der Waals surface area contributed by atoms with Crippen molar-refractivity contribution in [3.05, 3.63) is 195 Å². The number of hydrogen-bond acceptors (Lipinski definition) is 29. The number of carboxylic acid groups (broad SMARTS) is 1. The Morgan fingerprint density at radius 2 is 0.869 bits per heavy atom. The average Bonchev–Trinajstić information content (AvgIpc) is 1.63. The molecule has 0 saturated carbocycles. The van der Waals surface area contributed by atoms with Crippen molar-refractivity contribution in [1.29, 1.82) is 0 Å². The van der Waals surface area contributed by atoms with Gasteiger partial charge in [0.1, 0.15) is 4.60 Å². The molecular weight excluding hydrogens is 1830 g/mol. The number of hydrogen-bond donors (Lipinski definition) is 3. The largest absolute Gasteiger partial charge is 1.00 e. The predicted octanol–water partition coefficient (Wildman–Crippen LogP) is 10.0. The maximum atomic E-state index is 12.8. The molecule has 130 heavy (non-hydrogen) atoms. The van der Waals surface area contributed by atoms with Crippen LogP contribution in [-0.4, -0.2) is 243 Å². The summed E-state index contributed by atoms with van der Waals surface area (Å²) >= 11 is 9.41.